The average Bonchev–Trinajstić information content (AvgIpc) is 3.04. The van der Waals surface area contributed by atoms with E-state index in [2.05, 4.69) is 5.32 Å². The van der Waals surface area contributed by atoms with Gasteiger partial charge in [0.25, 0.3) is 5.91 Å². The molecule has 1 N–H and O–H groups in total. The highest BCUT2D eigenvalue weighted by molar-refractivity contribution is 7.80. The zero-order chi connectivity index (χ0) is 18.5. The molecule has 1 amide bonds. The first kappa shape index (κ1) is 17.5. The molecule has 6 nitrogen and oxygen atoms in total. The largest absolute Gasteiger partial charge is 0.494 e. The van der Waals surface area contributed by atoms with E-state index in [1.165, 1.54) is 4.90 Å². The zero-order valence-corrected chi connectivity index (χ0v) is 16.1. The number of hydrogen-bond acceptors (Lipinski definition) is 5. The standard InChI is InChI=1S/C19H24N2O4S/c1-4-24-13-5-6-15-14(11-13)19(16(22)21(2)17(26)20-19)18(25-15)9-7-12(23-3)8-10-18/h5-6,11-12H,4,7-10H2,1-3H3,(H,20,26). The Morgan fingerprint density at radius 1 is 1.38 bits per heavy atom. The van der Waals surface area contributed by atoms with Crippen molar-refractivity contribution in [2.45, 2.75) is 49.9 Å². The van der Waals surface area contributed by atoms with E-state index in [0.29, 0.717) is 11.7 Å². The van der Waals surface area contributed by atoms with Crippen molar-refractivity contribution in [3.8, 4) is 11.5 Å². The number of fused-ring (bicyclic) bond motifs is 3. The first-order valence-corrected chi connectivity index (χ1v) is 9.47. The van der Waals surface area contributed by atoms with Gasteiger partial charge in [0, 0.05) is 19.7 Å². The normalized spacial score (nSPS) is 32.7. The summed E-state index contributed by atoms with van der Waals surface area (Å²) in [5.74, 6) is 1.39. The quantitative estimate of drug-likeness (QED) is 0.818. The van der Waals surface area contributed by atoms with E-state index in [1.54, 1.807) is 14.2 Å². The average molecular weight is 376 g/mol. The highest BCUT2D eigenvalue weighted by Crippen LogP contribution is 2.56. The summed E-state index contributed by atoms with van der Waals surface area (Å²) in [5.41, 5.74) is -0.850. The van der Waals surface area contributed by atoms with Crippen LogP contribution in [0.25, 0.3) is 0 Å². The number of amides is 1. The van der Waals surface area contributed by atoms with Gasteiger partial charge in [-0.1, -0.05) is 0 Å². The van der Waals surface area contributed by atoms with Crippen LogP contribution in [0.5, 0.6) is 11.5 Å². The van der Waals surface area contributed by atoms with Gasteiger partial charge in [0.1, 0.15) is 17.1 Å². The van der Waals surface area contributed by atoms with Crippen LogP contribution in [-0.2, 0) is 15.1 Å². The Kier molecular flexibility index (Phi) is 4.11. The summed E-state index contributed by atoms with van der Waals surface area (Å²) in [4.78, 5) is 14.9. The third-order valence-corrected chi connectivity index (χ3v) is 6.33. The summed E-state index contributed by atoms with van der Waals surface area (Å²) in [6.45, 7) is 2.50. The predicted molar refractivity (Wildman–Crippen MR) is 100 cm³/mol. The molecular weight excluding hydrogens is 352 g/mol. The molecule has 2 heterocycles. The minimum absolute atomic E-state index is 0.0641. The zero-order valence-electron chi connectivity index (χ0n) is 15.3. The van der Waals surface area contributed by atoms with Crippen molar-refractivity contribution in [1.29, 1.82) is 0 Å². The van der Waals surface area contributed by atoms with Crippen LogP contribution in [0, 0.1) is 0 Å². The summed E-state index contributed by atoms with van der Waals surface area (Å²) in [6.07, 6.45) is 3.33. The topological polar surface area (TPSA) is 60.0 Å². The number of benzene rings is 1. The van der Waals surface area contributed by atoms with E-state index in [9.17, 15) is 4.79 Å². The molecule has 2 aliphatic heterocycles. The van der Waals surface area contributed by atoms with Crippen LogP contribution in [0.4, 0.5) is 0 Å². The number of thiocarbonyl (C=S) groups is 1. The second-order valence-electron chi connectivity index (χ2n) is 7.17. The molecule has 140 valence electrons. The first-order valence-electron chi connectivity index (χ1n) is 9.07. The van der Waals surface area contributed by atoms with Crippen molar-refractivity contribution >= 4 is 23.2 Å². The molecule has 1 aliphatic carbocycles. The Morgan fingerprint density at radius 3 is 2.69 bits per heavy atom. The van der Waals surface area contributed by atoms with E-state index < -0.39 is 11.1 Å². The van der Waals surface area contributed by atoms with E-state index >= 15 is 0 Å². The number of methoxy groups -OCH3 is 1. The van der Waals surface area contributed by atoms with Crippen LogP contribution in [-0.4, -0.2) is 48.4 Å². The molecule has 1 saturated heterocycles. The maximum Gasteiger partial charge on any atom is 0.263 e. The van der Waals surface area contributed by atoms with Crippen molar-refractivity contribution in [1.82, 2.24) is 10.2 Å². The highest BCUT2D eigenvalue weighted by atomic mass is 32.1. The van der Waals surface area contributed by atoms with Gasteiger partial charge >= 0.3 is 0 Å². The number of nitrogens with one attached hydrogen (secondary N) is 1. The minimum atomic E-state index is -1.00. The fraction of sp³-hybridized carbons (Fsp3) is 0.579. The van der Waals surface area contributed by atoms with Gasteiger partial charge in [-0.2, -0.15) is 0 Å². The Morgan fingerprint density at radius 2 is 2.12 bits per heavy atom. The van der Waals surface area contributed by atoms with Gasteiger partial charge in [0.15, 0.2) is 10.7 Å². The van der Waals surface area contributed by atoms with E-state index in [-0.39, 0.29) is 12.0 Å². The lowest BCUT2D eigenvalue weighted by atomic mass is 9.68. The van der Waals surface area contributed by atoms with Crippen LogP contribution < -0.4 is 14.8 Å². The molecule has 7 heteroatoms. The highest BCUT2D eigenvalue weighted by Gasteiger charge is 2.69. The number of carbonyl (C=O) groups excluding carboxylic acids is 1. The number of hydrogen-bond donors (Lipinski definition) is 1. The molecule has 1 aromatic carbocycles. The first-order chi connectivity index (χ1) is 12.5. The molecule has 0 radical (unpaired) electrons. The maximum atomic E-state index is 13.4. The van der Waals surface area contributed by atoms with Gasteiger partial charge in [-0.3, -0.25) is 9.69 Å². The molecule has 4 rings (SSSR count). The van der Waals surface area contributed by atoms with Gasteiger partial charge < -0.3 is 19.5 Å². The van der Waals surface area contributed by atoms with Gasteiger partial charge in [0.05, 0.1) is 12.7 Å². The fourth-order valence-electron chi connectivity index (χ4n) is 4.58. The van der Waals surface area contributed by atoms with Crippen molar-refractivity contribution < 1.29 is 19.0 Å². The fourth-order valence-corrected chi connectivity index (χ4v) is 4.82. The monoisotopic (exact) mass is 376 g/mol. The Hall–Kier alpha value is -1.86. The molecule has 1 saturated carbocycles. The van der Waals surface area contributed by atoms with Crippen LogP contribution in [0.3, 0.4) is 0 Å². The summed E-state index contributed by atoms with van der Waals surface area (Å²) in [7, 11) is 3.45. The van der Waals surface area contributed by atoms with Crippen LogP contribution in [0.2, 0.25) is 0 Å². The van der Waals surface area contributed by atoms with Crippen molar-refractivity contribution in [3.63, 3.8) is 0 Å². The van der Waals surface area contributed by atoms with Crippen LogP contribution >= 0.6 is 12.2 Å². The lowest BCUT2D eigenvalue weighted by Crippen LogP contribution is -2.62. The van der Waals surface area contributed by atoms with E-state index in [1.807, 2.05) is 25.1 Å². The summed E-state index contributed by atoms with van der Waals surface area (Å²) in [6, 6.07) is 5.70. The molecule has 26 heavy (non-hydrogen) atoms. The number of ether oxygens (including phenoxy) is 3. The van der Waals surface area contributed by atoms with Gasteiger partial charge in [-0.05, 0) is 63.0 Å². The molecule has 1 aromatic rings. The third kappa shape index (κ3) is 2.19. The third-order valence-electron chi connectivity index (χ3n) is 5.95. The lowest BCUT2D eigenvalue weighted by Gasteiger charge is -2.44. The number of nitrogens with zero attached hydrogens (tertiary/aromatic N) is 1. The maximum absolute atomic E-state index is 13.4. The van der Waals surface area contributed by atoms with E-state index in [4.69, 9.17) is 26.4 Å². The van der Waals surface area contributed by atoms with Crippen molar-refractivity contribution in [2.75, 3.05) is 20.8 Å². The second-order valence-corrected chi connectivity index (χ2v) is 7.55. The Labute approximate surface area is 158 Å². The number of likely N-dealkylation sites (N-methyl/N-ethyl adjacent to an activating group) is 1. The van der Waals surface area contributed by atoms with Crippen LogP contribution in [0.1, 0.15) is 38.2 Å². The van der Waals surface area contributed by atoms with Crippen LogP contribution in [0.15, 0.2) is 18.2 Å². The molecule has 1 atom stereocenters. The Bertz CT molecular complexity index is 760. The molecule has 1 unspecified atom stereocenters. The van der Waals surface area contributed by atoms with Gasteiger partial charge in [-0.15, -0.1) is 0 Å². The van der Waals surface area contributed by atoms with Crippen molar-refractivity contribution in [2.24, 2.45) is 0 Å². The lowest BCUT2D eigenvalue weighted by molar-refractivity contribution is -0.141. The molecule has 2 fully saturated rings. The molecule has 0 bridgehead atoms. The summed E-state index contributed by atoms with van der Waals surface area (Å²) < 4.78 is 17.7. The molecule has 3 aliphatic rings. The molecule has 0 aromatic heterocycles. The predicted octanol–water partition coefficient (Wildman–Crippen LogP) is 2.35. The smallest absolute Gasteiger partial charge is 0.263 e. The minimum Gasteiger partial charge on any atom is -0.494 e. The van der Waals surface area contributed by atoms with Gasteiger partial charge in [0.2, 0.25) is 0 Å². The SMILES string of the molecule is CCOc1ccc2c(c1)C1(NC(=S)N(C)C1=O)C1(CCC(OC)CC1)O2. The van der Waals surface area contributed by atoms with E-state index in [0.717, 1.165) is 42.7 Å². The summed E-state index contributed by atoms with van der Waals surface area (Å²) in [5, 5.41) is 3.77. The number of carbonyl (C=O) groups is 1. The number of rotatable bonds is 3. The molecular formula is C19H24N2O4S. The van der Waals surface area contributed by atoms with Crippen molar-refractivity contribution in [3.05, 3.63) is 23.8 Å². The second kappa shape index (κ2) is 6.09. The van der Waals surface area contributed by atoms with Gasteiger partial charge in [-0.25, -0.2) is 0 Å². The molecule has 2 spiro atoms. The summed E-state index contributed by atoms with van der Waals surface area (Å²) >= 11 is 5.42. The Balaban J connectivity index is 1.84.